The van der Waals surface area contributed by atoms with Gasteiger partial charge in [-0.2, -0.15) is 11.3 Å². The van der Waals surface area contributed by atoms with E-state index in [0.29, 0.717) is 38.7 Å². The van der Waals surface area contributed by atoms with Gasteiger partial charge in [-0.3, -0.25) is 4.79 Å². The minimum absolute atomic E-state index is 0.0885. The molecule has 4 rings (SSSR count). The highest BCUT2D eigenvalue weighted by molar-refractivity contribution is 7.08. The van der Waals surface area contributed by atoms with Crippen molar-refractivity contribution in [2.24, 2.45) is 0 Å². The van der Waals surface area contributed by atoms with Gasteiger partial charge < -0.3 is 14.5 Å². The second kappa shape index (κ2) is 6.68. The zero-order valence-electron chi connectivity index (χ0n) is 13.7. The molecule has 6 nitrogen and oxygen atoms in total. The Bertz CT molecular complexity index is 730. The maximum Gasteiger partial charge on any atom is 0.254 e. The van der Waals surface area contributed by atoms with Crippen molar-refractivity contribution in [1.29, 1.82) is 0 Å². The maximum atomic E-state index is 13.0. The van der Waals surface area contributed by atoms with Gasteiger partial charge in [0.1, 0.15) is 0 Å². The van der Waals surface area contributed by atoms with Crippen LogP contribution < -0.4 is 4.90 Å². The number of nitrogens with zero attached hydrogens (tertiary/aromatic N) is 4. The number of aromatic nitrogens is 2. The fourth-order valence-corrected chi connectivity index (χ4v) is 4.10. The van der Waals surface area contributed by atoms with E-state index in [1.165, 1.54) is 23.7 Å². The van der Waals surface area contributed by atoms with Crippen LogP contribution in [0.3, 0.4) is 0 Å². The van der Waals surface area contributed by atoms with Gasteiger partial charge in [0, 0.05) is 25.0 Å². The van der Waals surface area contributed by atoms with E-state index < -0.39 is 5.82 Å². The summed E-state index contributed by atoms with van der Waals surface area (Å²) in [5, 5.41) is 3.81. The highest BCUT2D eigenvalue weighted by Crippen LogP contribution is 2.32. The van der Waals surface area contributed by atoms with Gasteiger partial charge in [-0.15, -0.1) is 0 Å². The summed E-state index contributed by atoms with van der Waals surface area (Å²) in [6.07, 6.45) is 3.93. The summed E-state index contributed by atoms with van der Waals surface area (Å²) in [5.74, 6) is 0.179. The van der Waals surface area contributed by atoms with Crippen LogP contribution in [0.2, 0.25) is 0 Å². The second-order valence-corrected chi connectivity index (χ2v) is 7.24. The molecule has 0 saturated carbocycles. The van der Waals surface area contributed by atoms with Crippen molar-refractivity contribution in [1.82, 2.24) is 14.9 Å². The van der Waals surface area contributed by atoms with Gasteiger partial charge in [0.15, 0.2) is 5.82 Å². The molecule has 0 aliphatic carbocycles. The molecule has 2 aliphatic heterocycles. The molecular formula is C17H19FN4O2S. The number of carbonyl (C=O) groups is 1. The van der Waals surface area contributed by atoms with Crippen LogP contribution in [-0.4, -0.2) is 59.2 Å². The highest BCUT2D eigenvalue weighted by Gasteiger charge is 2.41. The number of ether oxygens (including phenoxy) is 1. The number of carbonyl (C=O) groups excluding carboxylic acids is 1. The van der Waals surface area contributed by atoms with Crippen molar-refractivity contribution in [2.45, 2.75) is 18.4 Å². The molecule has 0 atom stereocenters. The molecular weight excluding hydrogens is 343 g/mol. The zero-order chi connectivity index (χ0) is 17.3. The molecule has 0 aromatic carbocycles. The van der Waals surface area contributed by atoms with Gasteiger partial charge in [-0.05, 0) is 24.3 Å². The number of anilines is 1. The van der Waals surface area contributed by atoms with E-state index in [4.69, 9.17) is 4.74 Å². The van der Waals surface area contributed by atoms with Gasteiger partial charge in [0.05, 0.1) is 36.7 Å². The van der Waals surface area contributed by atoms with E-state index in [9.17, 15) is 9.18 Å². The molecule has 8 heteroatoms. The third-order valence-electron chi connectivity index (χ3n) is 4.87. The van der Waals surface area contributed by atoms with E-state index in [2.05, 4.69) is 9.97 Å². The van der Waals surface area contributed by atoms with E-state index >= 15 is 0 Å². The summed E-state index contributed by atoms with van der Waals surface area (Å²) in [6.45, 7) is 3.28. The van der Waals surface area contributed by atoms with Gasteiger partial charge in [0.25, 0.3) is 5.91 Å². The highest BCUT2D eigenvalue weighted by atomic mass is 32.1. The Balaban J connectivity index is 1.41. The van der Waals surface area contributed by atoms with Crippen molar-refractivity contribution < 1.29 is 13.9 Å². The first-order valence-electron chi connectivity index (χ1n) is 8.33. The smallest absolute Gasteiger partial charge is 0.254 e. The van der Waals surface area contributed by atoms with Crippen LogP contribution in [0, 0.1) is 5.82 Å². The van der Waals surface area contributed by atoms with Gasteiger partial charge in [-0.1, -0.05) is 0 Å². The lowest BCUT2D eigenvalue weighted by Crippen LogP contribution is -2.58. The molecule has 1 spiro atoms. The number of piperidine rings is 1. The van der Waals surface area contributed by atoms with Crippen LogP contribution >= 0.6 is 11.3 Å². The average molecular weight is 362 g/mol. The number of likely N-dealkylation sites (tertiary alicyclic amines) is 1. The molecule has 4 heterocycles. The van der Waals surface area contributed by atoms with Crippen molar-refractivity contribution in [3.63, 3.8) is 0 Å². The van der Waals surface area contributed by atoms with Crippen LogP contribution in [-0.2, 0) is 4.74 Å². The summed E-state index contributed by atoms with van der Waals surface area (Å²) in [6, 6.07) is 1.86. The minimum Gasteiger partial charge on any atom is -0.371 e. The normalized spacial score (nSPS) is 20.0. The Kier molecular flexibility index (Phi) is 4.39. The first-order chi connectivity index (χ1) is 12.2. The third-order valence-corrected chi connectivity index (χ3v) is 5.55. The molecule has 2 fully saturated rings. The number of hydrogen-bond acceptors (Lipinski definition) is 6. The molecule has 132 valence electrons. The lowest BCUT2D eigenvalue weighted by atomic mass is 9.89. The van der Waals surface area contributed by atoms with Crippen molar-refractivity contribution in [3.05, 3.63) is 40.6 Å². The lowest BCUT2D eigenvalue weighted by Gasteiger charge is -2.47. The number of thiophene rings is 1. The molecule has 0 N–H and O–H groups in total. The van der Waals surface area contributed by atoms with Crippen LogP contribution in [0.1, 0.15) is 23.2 Å². The Hall–Kier alpha value is -2.06. The standard InChI is InChI=1S/C17H19FN4O2S/c18-14-9-19-16(20-10-14)22-6-7-24-17(12-22)2-4-21(5-3-17)15(23)13-1-8-25-11-13/h1,8-11H,2-7,12H2. The molecule has 2 saturated heterocycles. The number of halogens is 1. The molecule has 2 aromatic heterocycles. The van der Waals surface area contributed by atoms with Crippen molar-refractivity contribution >= 4 is 23.2 Å². The molecule has 2 aromatic rings. The topological polar surface area (TPSA) is 58.6 Å². The average Bonchev–Trinajstić information content (AvgIpc) is 3.17. The predicted octanol–water partition coefficient (Wildman–Crippen LogP) is 2.19. The summed E-state index contributed by atoms with van der Waals surface area (Å²) in [7, 11) is 0. The Morgan fingerprint density at radius 1 is 1.24 bits per heavy atom. The van der Waals surface area contributed by atoms with Crippen LogP contribution in [0.15, 0.2) is 29.2 Å². The largest absolute Gasteiger partial charge is 0.371 e. The number of morpholine rings is 1. The third kappa shape index (κ3) is 3.36. The Labute approximate surface area is 149 Å². The quantitative estimate of drug-likeness (QED) is 0.820. The summed E-state index contributed by atoms with van der Waals surface area (Å²) >= 11 is 1.53. The minimum atomic E-state index is -0.438. The molecule has 0 bridgehead atoms. The molecule has 25 heavy (non-hydrogen) atoms. The van der Waals surface area contributed by atoms with E-state index in [1.807, 2.05) is 26.6 Å². The van der Waals surface area contributed by atoms with Crippen LogP contribution in [0.4, 0.5) is 10.3 Å². The number of rotatable bonds is 2. The first kappa shape index (κ1) is 16.4. The van der Waals surface area contributed by atoms with Crippen LogP contribution in [0.5, 0.6) is 0 Å². The molecule has 1 amide bonds. The monoisotopic (exact) mass is 362 g/mol. The fourth-order valence-electron chi connectivity index (χ4n) is 3.47. The number of hydrogen-bond donors (Lipinski definition) is 0. The SMILES string of the molecule is O=C(c1ccsc1)N1CCC2(CC1)CN(c1ncc(F)cn1)CCO2. The summed E-state index contributed by atoms with van der Waals surface area (Å²) in [4.78, 5) is 24.6. The molecule has 2 aliphatic rings. The Morgan fingerprint density at radius 3 is 2.68 bits per heavy atom. The fraction of sp³-hybridized carbons (Fsp3) is 0.471. The summed E-state index contributed by atoms with van der Waals surface area (Å²) in [5.41, 5.74) is 0.466. The van der Waals surface area contributed by atoms with Gasteiger partial charge in [-0.25, -0.2) is 14.4 Å². The van der Waals surface area contributed by atoms with Gasteiger partial charge in [0.2, 0.25) is 5.95 Å². The second-order valence-electron chi connectivity index (χ2n) is 6.46. The molecule has 0 unspecified atom stereocenters. The number of amides is 1. The first-order valence-corrected chi connectivity index (χ1v) is 9.27. The maximum absolute atomic E-state index is 13.0. The van der Waals surface area contributed by atoms with E-state index in [0.717, 1.165) is 18.4 Å². The lowest BCUT2D eigenvalue weighted by molar-refractivity contribution is -0.0872. The molecule has 0 radical (unpaired) electrons. The predicted molar refractivity (Wildman–Crippen MR) is 92.3 cm³/mol. The van der Waals surface area contributed by atoms with Crippen LogP contribution in [0.25, 0.3) is 0 Å². The summed E-state index contributed by atoms with van der Waals surface area (Å²) < 4.78 is 19.1. The van der Waals surface area contributed by atoms with Crippen molar-refractivity contribution in [3.8, 4) is 0 Å². The van der Waals surface area contributed by atoms with Crippen molar-refractivity contribution in [2.75, 3.05) is 37.7 Å². The van der Waals surface area contributed by atoms with E-state index in [1.54, 1.807) is 0 Å². The van der Waals surface area contributed by atoms with E-state index in [-0.39, 0.29) is 11.5 Å². The Morgan fingerprint density at radius 2 is 2.00 bits per heavy atom. The van der Waals surface area contributed by atoms with Gasteiger partial charge >= 0.3 is 0 Å². The zero-order valence-corrected chi connectivity index (χ0v) is 14.5.